The SMILES string of the molecule is CC1=C(c2cc(F)c(O)c(F)c2)C(c2ccc(OC[C@H](C)N3CC[C@@H](CF)C3)cc2)Oc2ccc(O)cc21. The Bertz CT molecular complexity index is 1340. The summed E-state index contributed by atoms with van der Waals surface area (Å²) in [6.45, 7) is 5.64. The number of aromatic hydroxyl groups is 2. The Labute approximate surface area is 219 Å². The molecule has 2 heterocycles. The van der Waals surface area contributed by atoms with Gasteiger partial charge in [0, 0.05) is 29.6 Å². The zero-order valence-corrected chi connectivity index (χ0v) is 21.3. The highest BCUT2D eigenvalue weighted by atomic mass is 19.1. The van der Waals surface area contributed by atoms with E-state index < -0.39 is 23.5 Å². The highest BCUT2D eigenvalue weighted by Crippen LogP contribution is 2.48. The third-order valence-corrected chi connectivity index (χ3v) is 7.44. The molecule has 0 aromatic heterocycles. The second-order valence-electron chi connectivity index (χ2n) is 10.0. The molecule has 200 valence electrons. The van der Waals surface area contributed by atoms with Gasteiger partial charge in [-0.15, -0.1) is 0 Å². The van der Waals surface area contributed by atoms with Gasteiger partial charge < -0.3 is 19.7 Å². The number of ether oxygens (including phenoxy) is 2. The fourth-order valence-corrected chi connectivity index (χ4v) is 5.21. The number of halogens is 3. The third-order valence-electron chi connectivity index (χ3n) is 7.44. The molecular formula is C30H30F3NO4. The minimum absolute atomic E-state index is 0.0393. The Kier molecular flexibility index (Phi) is 7.25. The minimum atomic E-state index is -1.07. The molecule has 0 radical (unpaired) electrons. The molecule has 2 aliphatic heterocycles. The molecule has 5 rings (SSSR count). The van der Waals surface area contributed by atoms with Crippen LogP contribution in [0.1, 0.15) is 43.1 Å². The van der Waals surface area contributed by atoms with E-state index in [0.717, 1.165) is 37.2 Å². The molecule has 2 N–H and O–H groups in total. The van der Waals surface area contributed by atoms with Crippen molar-refractivity contribution in [3.63, 3.8) is 0 Å². The zero-order chi connectivity index (χ0) is 27.0. The van der Waals surface area contributed by atoms with E-state index in [4.69, 9.17) is 9.47 Å². The number of allylic oxidation sites excluding steroid dienone is 1. The maximum absolute atomic E-state index is 14.3. The quantitative estimate of drug-likeness (QED) is 0.369. The molecule has 5 nitrogen and oxygen atoms in total. The van der Waals surface area contributed by atoms with E-state index in [9.17, 15) is 23.4 Å². The van der Waals surface area contributed by atoms with Gasteiger partial charge in [0.2, 0.25) is 0 Å². The molecule has 0 saturated carbocycles. The number of hydrogen-bond donors (Lipinski definition) is 2. The third kappa shape index (κ3) is 5.05. The molecule has 0 amide bonds. The normalized spacial score (nSPS) is 20.2. The van der Waals surface area contributed by atoms with Gasteiger partial charge in [0.05, 0.1) is 6.67 Å². The summed E-state index contributed by atoms with van der Waals surface area (Å²) >= 11 is 0. The van der Waals surface area contributed by atoms with Crippen molar-refractivity contribution in [3.8, 4) is 23.0 Å². The average molecular weight is 526 g/mol. The van der Waals surface area contributed by atoms with Crippen LogP contribution >= 0.6 is 0 Å². The first-order chi connectivity index (χ1) is 18.2. The van der Waals surface area contributed by atoms with Crippen molar-refractivity contribution in [2.45, 2.75) is 32.4 Å². The average Bonchev–Trinajstić information content (AvgIpc) is 3.40. The largest absolute Gasteiger partial charge is 0.508 e. The van der Waals surface area contributed by atoms with Crippen molar-refractivity contribution in [1.29, 1.82) is 0 Å². The molecule has 2 aliphatic rings. The number of likely N-dealkylation sites (tertiary alicyclic amines) is 1. The van der Waals surface area contributed by atoms with Crippen LogP contribution in [0.4, 0.5) is 13.2 Å². The van der Waals surface area contributed by atoms with Gasteiger partial charge in [-0.05, 0) is 86.0 Å². The lowest BCUT2D eigenvalue weighted by molar-refractivity contribution is 0.165. The van der Waals surface area contributed by atoms with E-state index in [1.807, 2.05) is 24.3 Å². The molecular weight excluding hydrogens is 495 g/mol. The monoisotopic (exact) mass is 525 g/mol. The maximum Gasteiger partial charge on any atom is 0.187 e. The van der Waals surface area contributed by atoms with E-state index in [-0.39, 0.29) is 29.9 Å². The highest BCUT2D eigenvalue weighted by molar-refractivity contribution is 5.95. The van der Waals surface area contributed by atoms with E-state index in [1.54, 1.807) is 19.1 Å². The Morgan fingerprint density at radius 1 is 1.05 bits per heavy atom. The predicted molar refractivity (Wildman–Crippen MR) is 139 cm³/mol. The van der Waals surface area contributed by atoms with Crippen LogP contribution in [0.2, 0.25) is 0 Å². The van der Waals surface area contributed by atoms with Crippen LogP contribution in [-0.4, -0.2) is 47.5 Å². The van der Waals surface area contributed by atoms with E-state index >= 15 is 0 Å². The molecule has 1 fully saturated rings. The summed E-state index contributed by atoms with van der Waals surface area (Å²) in [6.07, 6.45) is 0.162. The summed E-state index contributed by atoms with van der Waals surface area (Å²) in [6, 6.07) is 14.3. The minimum Gasteiger partial charge on any atom is -0.508 e. The van der Waals surface area contributed by atoms with Crippen molar-refractivity contribution in [1.82, 2.24) is 4.90 Å². The first-order valence-electron chi connectivity index (χ1n) is 12.7. The Balaban J connectivity index is 1.42. The summed E-state index contributed by atoms with van der Waals surface area (Å²) in [4.78, 5) is 2.24. The number of fused-ring (bicyclic) bond motifs is 1. The van der Waals surface area contributed by atoms with Gasteiger partial charge in [-0.25, -0.2) is 8.78 Å². The topological polar surface area (TPSA) is 62.2 Å². The van der Waals surface area contributed by atoms with Crippen molar-refractivity contribution in [2.75, 3.05) is 26.4 Å². The fraction of sp³-hybridized carbons (Fsp3) is 0.333. The van der Waals surface area contributed by atoms with Crippen LogP contribution in [0, 0.1) is 17.6 Å². The molecule has 3 aromatic carbocycles. The van der Waals surface area contributed by atoms with Gasteiger partial charge in [0.1, 0.15) is 30.0 Å². The predicted octanol–water partition coefficient (Wildman–Crippen LogP) is 6.50. The van der Waals surface area contributed by atoms with Crippen molar-refractivity contribution < 1.29 is 32.9 Å². The lowest BCUT2D eigenvalue weighted by Gasteiger charge is -2.31. The Hall–Kier alpha value is -3.65. The number of nitrogens with zero attached hydrogens (tertiary/aromatic N) is 1. The lowest BCUT2D eigenvalue weighted by Crippen LogP contribution is -2.35. The van der Waals surface area contributed by atoms with Gasteiger partial charge >= 0.3 is 0 Å². The van der Waals surface area contributed by atoms with E-state index in [0.29, 0.717) is 34.8 Å². The highest BCUT2D eigenvalue weighted by Gasteiger charge is 2.31. The molecule has 0 spiro atoms. The first kappa shape index (κ1) is 26.0. The van der Waals surface area contributed by atoms with Crippen LogP contribution in [0.5, 0.6) is 23.0 Å². The number of phenols is 2. The summed E-state index contributed by atoms with van der Waals surface area (Å²) in [5.41, 5.74) is 2.76. The molecule has 8 heteroatoms. The van der Waals surface area contributed by atoms with Gasteiger partial charge in [-0.1, -0.05) is 12.1 Å². The van der Waals surface area contributed by atoms with Crippen LogP contribution in [0.25, 0.3) is 11.1 Å². The second-order valence-corrected chi connectivity index (χ2v) is 10.0. The zero-order valence-electron chi connectivity index (χ0n) is 21.3. The van der Waals surface area contributed by atoms with Crippen molar-refractivity contribution >= 4 is 11.1 Å². The van der Waals surface area contributed by atoms with Crippen LogP contribution < -0.4 is 9.47 Å². The molecule has 3 aromatic rings. The molecule has 0 bridgehead atoms. The van der Waals surface area contributed by atoms with Gasteiger partial charge in [-0.3, -0.25) is 9.29 Å². The van der Waals surface area contributed by atoms with E-state index in [2.05, 4.69) is 11.8 Å². The fourth-order valence-electron chi connectivity index (χ4n) is 5.21. The summed E-state index contributed by atoms with van der Waals surface area (Å²) in [7, 11) is 0. The number of hydrogen-bond acceptors (Lipinski definition) is 5. The summed E-state index contributed by atoms with van der Waals surface area (Å²) in [5, 5.41) is 19.6. The van der Waals surface area contributed by atoms with Crippen molar-refractivity contribution in [2.24, 2.45) is 5.92 Å². The molecule has 1 saturated heterocycles. The molecule has 1 unspecified atom stereocenters. The number of phenolic OH excluding ortho intramolecular Hbond substituents is 2. The Morgan fingerprint density at radius 3 is 2.42 bits per heavy atom. The number of benzene rings is 3. The maximum atomic E-state index is 14.3. The molecule has 3 atom stereocenters. The second kappa shape index (κ2) is 10.6. The lowest BCUT2D eigenvalue weighted by atomic mass is 9.86. The van der Waals surface area contributed by atoms with Gasteiger partial charge in [-0.2, -0.15) is 0 Å². The van der Waals surface area contributed by atoms with E-state index in [1.165, 1.54) is 6.07 Å². The van der Waals surface area contributed by atoms with Crippen LogP contribution in [0.3, 0.4) is 0 Å². The number of rotatable bonds is 7. The first-order valence-corrected chi connectivity index (χ1v) is 12.7. The smallest absolute Gasteiger partial charge is 0.187 e. The van der Waals surface area contributed by atoms with Crippen LogP contribution in [0.15, 0.2) is 54.6 Å². The molecule has 38 heavy (non-hydrogen) atoms. The summed E-state index contributed by atoms with van der Waals surface area (Å²) < 4.78 is 53.9. The van der Waals surface area contributed by atoms with Gasteiger partial charge in [0.25, 0.3) is 0 Å². The Morgan fingerprint density at radius 2 is 1.76 bits per heavy atom. The van der Waals surface area contributed by atoms with Crippen LogP contribution in [-0.2, 0) is 0 Å². The standard InChI is InChI=1S/C30H30F3NO4/c1-17(34-10-9-19(14-31)15-34)16-37-23-6-3-20(4-7-23)30-28(21-11-25(32)29(36)26(33)12-21)18(2)24-13-22(35)5-8-27(24)38-30/h3-8,11-13,17,19,30,35-36H,9-10,14-16H2,1-2H3/t17-,19-,30?/m0/s1. The number of alkyl halides is 1. The summed E-state index contributed by atoms with van der Waals surface area (Å²) in [5.74, 6) is -1.86. The molecule has 0 aliphatic carbocycles. The van der Waals surface area contributed by atoms with Gasteiger partial charge in [0.15, 0.2) is 17.4 Å². The van der Waals surface area contributed by atoms with Crippen molar-refractivity contribution in [3.05, 3.63) is 82.9 Å².